The molecular formula is C10H13BrN2O. The van der Waals surface area contributed by atoms with Gasteiger partial charge in [0, 0.05) is 10.9 Å². The van der Waals surface area contributed by atoms with E-state index in [1.165, 1.54) is 0 Å². The monoisotopic (exact) mass is 256 g/mol. The van der Waals surface area contributed by atoms with Gasteiger partial charge >= 0.3 is 0 Å². The second kappa shape index (κ2) is 5.78. The van der Waals surface area contributed by atoms with Crippen molar-refractivity contribution in [2.45, 2.75) is 13.0 Å². The molecule has 0 radical (unpaired) electrons. The van der Waals surface area contributed by atoms with Gasteiger partial charge in [0.1, 0.15) is 0 Å². The molecule has 1 aromatic carbocycles. The van der Waals surface area contributed by atoms with Crippen molar-refractivity contribution in [2.75, 3.05) is 6.61 Å². The standard InChI is InChI=1S/C10H13BrN2O/c11-9-4-2-1-3-8(9)7-14-6-5-10(12)13/h1-4H,5-7H2,(H3,12,13). The predicted molar refractivity (Wildman–Crippen MR) is 60.3 cm³/mol. The second-order valence-electron chi connectivity index (χ2n) is 2.92. The Hall–Kier alpha value is -0.870. The molecule has 14 heavy (non-hydrogen) atoms. The van der Waals surface area contributed by atoms with Crippen LogP contribution in [0.1, 0.15) is 12.0 Å². The molecule has 0 aromatic heterocycles. The van der Waals surface area contributed by atoms with Crippen LogP contribution in [0.15, 0.2) is 28.7 Å². The van der Waals surface area contributed by atoms with Crippen LogP contribution < -0.4 is 5.73 Å². The minimum Gasteiger partial charge on any atom is -0.388 e. The number of hydrogen-bond donors (Lipinski definition) is 2. The topological polar surface area (TPSA) is 59.1 Å². The molecule has 3 nitrogen and oxygen atoms in total. The van der Waals surface area contributed by atoms with Crippen molar-refractivity contribution in [1.82, 2.24) is 0 Å². The Morgan fingerprint density at radius 3 is 2.79 bits per heavy atom. The first-order valence-electron chi connectivity index (χ1n) is 4.34. The van der Waals surface area contributed by atoms with Gasteiger partial charge in [0.25, 0.3) is 0 Å². The highest BCUT2D eigenvalue weighted by Crippen LogP contribution is 2.16. The van der Waals surface area contributed by atoms with Gasteiger partial charge < -0.3 is 10.5 Å². The molecule has 0 spiro atoms. The first-order valence-corrected chi connectivity index (χ1v) is 5.13. The highest BCUT2D eigenvalue weighted by molar-refractivity contribution is 9.10. The molecule has 0 unspecified atom stereocenters. The van der Waals surface area contributed by atoms with E-state index in [4.69, 9.17) is 15.9 Å². The summed E-state index contributed by atoms with van der Waals surface area (Å²) >= 11 is 3.43. The first-order chi connectivity index (χ1) is 6.70. The van der Waals surface area contributed by atoms with E-state index < -0.39 is 0 Å². The average Bonchev–Trinajstić information content (AvgIpc) is 2.15. The summed E-state index contributed by atoms with van der Waals surface area (Å²) in [5.74, 6) is 0.164. The summed E-state index contributed by atoms with van der Waals surface area (Å²) < 4.78 is 6.40. The Bertz CT molecular complexity index is 315. The molecule has 0 aliphatic carbocycles. The van der Waals surface area contributed by atoms with E-state index in [0.29, 0.717) is 19.6 Å². The molecule has 0 atom stereocenters. The summed E-state index contributed by atoms with van der Waals surface area (Å²) in [7, 11) is 0. The Balaban J connectivity index is 2.31. The highest BCUT2D eigenvalue weighted by atomic mass is 79.9. The number of halogens is 1. The van der Waals surface area contributed by atoms with Gasteiger partial charge in [0.2, 0.25) is 0 Å². The number of nitrogens with two attached hydrogens (primary N) is 1. The lowest BCUT2D eigenvalue weighted by Gasteiger charge is -2.05. The Labute approximate surface area is 91.9 Å². The van der Waals surface area contributed by atoms with E-state index in [1.54, 1.807) is 0 Å². The van der Waals surface area contributed by atoms with Gasteiger partial charge in [-0.05, 0) is 11.6 Å². The van der Waals surface area contributed by atoms with Crippen LogP contribution in [-0.2, 0) is 11.3 Å². The maximum absolute atomic E-state index is 7.01. The zero-order valence-corrected chi connectivity index (χ0v) is 9.38. The molecular weight excluding hydrogens is 244 g/mol. The Kier molecular flexibility index (Phi) is 4.62. The number of nitrogens with one attached hydrogen (secondary N) is 1. The van der Waals surface area contributed by atoms with Crippen LogP contribution in [0.2, 0.25) is 0 Å². The summed E-state index contributed by atoms with van der Waals surface area (Å²) in [6, 6.07) is 7.90. The number of benzene rings is 1. The second-order valence-corrected chi connectivity index (χ2v) is 3.77. The third kappa shape index (κ3) is 3.89. The first kappa shape index (κ1) is 11.2. The van der Waals surface area contributed by atoms with E-state index in [1.807, 2.05) is 24.3 Å². The smallest absolute Gasteiger partial charge is 0.0928 e. The molecule has 1 rings (SSSR count). The zero-order valence-electron chi connectivity index (χ0n) is 7.79. The lowest BCUT2D eigenvalue weighted by molar-refractivity contribution is 0.127. The number of amidine groups is 1. The van der Waals surface area contributed by atoms with Crippen LogP contribution in [-0.4, -0.2) is 12.4 Å². The van der Waals surface area contributed by atoms with E-state index in [9.17, 15) is 0 Å². The molecule has 3 N–H and O–H groups in total. The lowest BCUT2D eigenvalue weighted by Crippen LogP contribution is -2.12. The van der Waals surface area contributed by atoms with Crippen molar-refractivity contribution in [3.05, 3.63) is 34.3 Å². The van der Waals surface area contributed by atoms with Crippen LogP contribution >= 0.6 is 15.9 Å². The minimum absolute atomic E-state index is 0.164. The van der Waals surface area contributed by atoms with Crippen molar-refractivity contribution < 1.29 is 4.74 Å². The van der Waals surface area contributed by atoms with Gasteiger partial charge in [0.15, 0.2) is 0 Å². The average molecular weight is 257 g/mol. The van der Waals surface area contributed by atoms with Gasteiger partial charge in [-0.1, -0.05) is 34.1 Å². The summed E-state index contributed by atoms with van der Waals surface area (Å²) in [4.78, 5) is 0. The fourth-order valence-electron chi connectivity index (χ4n) is 0.980. The van der Waals surface area contributed by atoms with Crippen LogP contribution in [0.4, 0.5) is 0 Å². The van der Waals surface area contributed by atoms with Gasteiger partial charge in [-0.3, -0.25) is 5.41 Å². The van der Waals surface area contributed by atoms with Crippen molar-refractivity contribution in [2.24, 2.45) is 5.73 Å². The zero-order chi connectivity index (χ0) is 10.4. The maximum atomic E-state index is 7.01. The molecule has 1 aromatic rings. The van der Waals surface area contributed by atoms with Gasteiger partial charge in [-0.15, -0.1) is 0 Å². The summed E-state index contributed by atoms with van der Waals surface area (Å²) in [6.45, 7) is 1.05. The quantitative estimate of drug-likeness (QED) is 0.483. The molecule has 0 bridgehead atoms. The lowest BCUT2D eigenvalue weighted by atomic mass is 10.2. The summed E-state index contributed by atoms with van der Waals surface area (Å²) in [5, 5.41) is 7.01. The van der Waals surface area contributed by atoms with Crippen molar-refractivity contribution in [3.63, 3.8) is 0 Å². The normalized spacial score (nSPS) is 10.1. The summed E-state index contributed by atoms with van der Waals surface area (Å²) in [5.41, 5.74) is 6.30. The number of hydrogen-bond acceptors (Lipinski definition) is 2. The molecule has 0 heterocycles. The molecule has 0 amide bonds. The number of ether oxygens (including phenoxy) is 1. The molecule has 0 saturated heterocycles. The minimum atomic E-state index is 0.164. The predicted octanol–water partition coefficient (Wildman–Crippen LogP) is 2.29. The van der Waals surface area contributed by atoms with Crippen molar-refractivity contribution in [1.29, 1.82) is 5.41 Å². The van der Waals surface area contributed by atoms with Crippen molar-refractivity contribution >= 4 is 21.8 Å². The van der Waals surface area contributed by atoms with Crippen LogP contribution in [0.5, 0.6) is 0 Å². The van der Waals surface area contributed by atoms with Gasteiger partial charge in [-0.25, -0.2) is 0 Å². The van der Waals surface area contributed by atoms with Gasteiger partial charge in [0.05, 0.1) is 19.0 Å². The maximum Gasteiger partial charge on any atom is 0.0928 e. The third-order valence-corrected chi connectivity index (χ3v) is 2.50. The Morgan fingerprint density at radius 1 is 1.43 bits per heavy atom. The SMILES string of the molecule is N=C(N)CCOCc1ccccc1Br. The fraction of sp³-hybridized carbons (Fsp3) is 0.300. The molecule has 0 aliphatic rings. The molecule has 0 saturated carbocycles. The molecule has 0 fully saturated rings. The van der Waals surface area contributed by atoms with Crippen molar-refractivity contribution in [3.8, 4) is 0 Å². The Morgan fingerprint density at radius 2 is 2.14 bits per heavy atom. The molecule has 0 aliphatic heterocycles. The van der Waals surface area contributed by atoms with E-state index in [2.05, 4.69) is 15.9 Å². The largest absolute Gasteiger partial charge is 0.388 e. The van der Waals surface area contributed by atoms with E-state index in [0.717, 1.165) is 10.0 Å². The van der Waals surface area contributed by atoms with Crippen LogP contribution in [0.25, 0.3) is 0 Å². The van der Waals surface area contributed by atoms with E-state index in [-0.39, 0.29) is 5.84 Å². The van der Waals surface area contributed by atoms with Gasteiger partial charge in [-0.2, -0.15) is 0 Å². The third-order valence-electron chi connectivity index (χ3n) is 1.73. The molecule has 76 valence electrons. The highest BCUT2D eigenvalue weighted by Gasteiger charge is 1.98. The number of rotatable bonds is 5. The molecule has 4 heteroatoms. The fourth-order valence-corrected chi connectivity index (χ4v) is 1.38. The van der Waals surface area contributed by atoms with Crippen LogP contribution in [0.3, 0.4) is 0 Å². The van der Waals surface area contributed by atoms with Crippen LogP contribution in [0, 0.1) is 5.41 Å². The summed E-state index contributed by atoms with van der Waals surface area (Å²) in [6.07, 6.45) is 0.491. The van der Waals surface area contributed by atoms with E-state index >= 15 is 0 Å².